The standard InChI is InChI=1S/C35H54N7O17P3S/c1-4-5-6-7-8-9-10-11-12-13-14-15-26(44)63-19-18-37-25(43)16-17-38-33(47)30(46)35(2,3)21-56-62(53,54)59-61(51,52)55-20-24-29(58-60(48,49)50)28(45)34(57-24)42-23-41-27-31(36)39-22-40-32(27)42/h5-6,8-9,11-12,14-15,22-24,28-30,34,45-46H,4,7,10,13,16-21H2,1-3H3,(H,37,43)(H,38,47)(H,51,52)(H,53,54)(H2,36,39,40)(H2,48,49,50)/b6-5-,9-8-,12-11-,15-14+/t24-,28-,29-,30+,34-/m1/s1. The van der Waals surface area contributed by atoms with Crippen LogP contribution in [0.2, 0.25) is 0 Å². The first kappa shape index (κ1) is 53.9. The highest BCUT2D eigenvalue weighted by Gasteiger charge is 2.50. The number of carbonyl (C=O) groups is 3. The molecule has 0 aromatic carbocycles. The van der Waals surface area contributed by atoms with Crippen LogP contribution < -0.4 is 16.4 Å². The fourth-order valence-corrected chi connectivity index (χ4v) is 8.80. The first-order chi connectivity index (χ1) is 29.6. The highest BCUT2D eigenvalue weighted by Crippen LogP contribution is 2.61. The molecule has 0 radical (unpaired) electrons. The summed E-state index contributed by atoms with van der Waals surface area (Å²) in [6.07, 6.45) is 11.9. The fourth-order valence-electron chi connectivity index (χ4n) is 5.38. The number of nitrogen functional groups attached to an aromatic ring is 1. The number of rotatable bonds is 27. The van der Waals surface area contributed by atoms with Gasteiger partial charge in [-0.2, -0.15) is 4.31 Å². The number of amides is 2. The molecule has 1 fully saturated rings. The number of nitrogens with zero attached hydrogens (tertiary/aromatic N) is 4. The number of fused-ring (bicyclic) bond motifs is 1. The van der Waals surface area contributed by atoms with E-state index in [9.17, 15) is 57.9 Å². The van der Waals surface area contributed by atoms with Gasteiger partial charge in [0.25, 0.3) is 0 Å². The maximum atomic E-state index is 12.7. The van der Waals surface area contributed by atoms with Crippen LogP contribution in [-0.2, 0) is 50.7 Å². The summed E-state index contributed by atoms with van der Waals surface area (Å²) in [6.45, 7) is 2.53. The van der Waals surface area contributed by atoms with Crippen molar-refractivity contribution in [2.75, 3.05) is 37.8 Å². The van der Waals surface area contributed by atoms with Gasteiger partial charge in [-0.3, -0.25) is 32.5 Å². The molecule has 3 heterocycles. The number of ether oxygens (including phenoxy) is 1. The first-order valence-corrected chi connectivity index (χ1v) is 24.7. The molecule has 1 aliphatic heterocycles. The van der Waals surface area contributed by atoms with Crippen molar-refractivity contribution in [2.24, 2.45) is 5.41 Å². The Hall–Kier alpha value is -3.48. The zero-order chi connectivity index (χ0) is 46.8. The number of imidazole rings is 1. The molecule has 24 nitrogen and oxygen atoms in total. The van der Waals surface area contributed by atoms with Gasteiger partial charge >= 0.3 is 23.5 Å². The summed E-state index contributed by atoms with van der Waals surface area (Å²) in [7, 11) is -16.4. The molecule has 0 bridgehead atoms. The number of aliphatic hydroxyl groups is 2. The number of hydrogen-bond acceptors (Lipinski definition) is 18. The molecule has 3 rings (SSSR count). The fraction of sp³-hybridized carbons (Fsp3) is 0.543. The normalized spacial score (nSPS) is 21.1. The van der Waals surface area contributed by atoms with Crippen LogP contribution in [0.15, 0.2) is 61.3 Å². The average Bonchev–Trinajstić information content (AvgIpc) is 3.76. The van der Waals surface area contributed by atoms with Crippen molar-refractivity contribution in [3.8, 4) is 0 Å². The van der Waals surface area contributed by atoms with Crippen LogP contribution >= 0.6 is 35.2 Å². The van der Waals surface area contributed by atoms with E-state index in [2.05, 4.69) is 65.6 Å². The van der Waals surface area contributed by atoms with E-state index in [1.807, 2.05) is 12.2 Å². The van der Waals surface area contributed by atoms with Crippen LogP contribution in [0.25, 0.3) is 11.2 Å². The summed E-state index contributed by atoms with van der Waals surface area (Å²) in [4.78, 5) is 87.9. The smallest absolute Gasteiger partial charge is 0.386 e. The number of thioether (sulfide) groups is 1. The maximum absolute atomic E-state index is 12.7. The van der Waals surface area contributed by atoms with Crippen LogP contribution in [-0.4, -0.2) is 123 Å². The lowest BCUT2D eigenvalue weighted by Crippen LogP contribution is -2.46. The van der Waals surface area contributed by atoms with Gasteiger partial charge in [-0.25, -0.2) is 28.6 Å². The molecule has 2 aromatic heterocycles. The van der Waals surface area contributed by atoms with Crippen LogP contribution in [0.1, 0.15) is 59.1 Å². The van der Waals surface area contributed by atoms with Gasteiger partial charge in [-0.15, -0.1) is 0 Å². The van der Waals surface area contributed by atoms with Gasteiger partial charge in [-0.05, 0) is 31.8 Å². The third kappa shape index (κ3) is 18.9. The summed E-state index contributed by atoms with van der Waals surface area (Å²) in [5, 5.41) is 26.3. The Balaban J connectivity index is 1.39. The number of phosphoric acid groups is 3. The number of aliphatic hydroxyl groups excluding tert-OH is 2. The third-order valence-electron chi connectivity index (χ3n) is 8.55. The zero-order valence-corrected chi connectivity index (χ0v) is 38.0. The lowest BCUT2D eigenvalue weighted by atomic mass is 9.87. The van der Waals surface area contributed by atoms with E-state index in [0.29, 0.717) is 12.2 Å². The molecule has 1 aliphatic rings. The van der Waals surface area contributed by atoms with E-state index in [4.69, 9.17) is 19.5 Å². The number of nitrogens with two attached hydrogens (primary N) is 1. The number of phosphoric ester groups is 3. The zero-order valence-electron chi connectivity index (χ0n) is 34.5. The van der Waals surface area contributed by atoms with E-state index < -0.39 is 84.6 Å². The molecule has 0 spiro atoms. The van der Waals surface area contributed by atoms with Crippen molar-refractivity contribution in [1.82, 2.24) is 30.2 Å². The Morgan fingerprint density at radius 3 is 2.24 bits per heavy atom. The van der Waals surface area contributed by atoms with E-state index in [0.717, 1.165) is 48.2 Å². The van der Waals surface area contributed by atoms with E-state index in [1.54, 1.807) is 6.08 Å². The lowest BCUT2D eigenvalue weighted by Gasteiger charge is -2.30. The first-order valence-electron chi connectivity index (χ1n) is 19.2. The van der Waals surface area contributed by atoms with Crippen molar-refractivity contribution in [3.05, 3.63) is 61.3 Å². The summed E-state index contributed by atoms with van der Waals surface area (Å²) in [6, 6.07) is 0. The summed E-state index contributed by atoms with van der Waals surface area (Å²) >= 11 is 1.02. The third-order valence-corrected chi connectivity index (χ3v) is 12.5. The lowest BCUT2D eigenvalue weighted by molar-refractivity contribution is -0.137. The SMILES string of the molecule is CC/C=C\C/C=C\C/C=C\C/C=C/C(=O)SCCNC(=O)CCNC(=O)[C@H](O)C(C)(C)COP(=O)(O)OP(=O)(O)OC[C@H]1O[C@@H](n2cnc3c(N)ncnc32)[C@H](O)[C@@H]1OP(=O)(O)O. The van der Waals surface area contributed by atoms with Crippen molar-refractivity contribution >= 4 is 69.1 Å². The Morgan fingerprint density at radius 2 is 1.59 bits per heavy atom. The summed E-state index contributed by atoms with van der Waals surface area (Å²) in [5.41, 5.74) is 4.26. The number of anilines is 1. The molecule has 2 amide bonds. The molecule has 1 saturated heterocycles. The molecule has 0 saturated carbocycles. The quantitative estimate of drug-likeness (QED) is 0.0269. The van der Waals surface area contributed by atoms with Gasteiger partial charge < -0.3 is 50.9 Å². The van der Waals surface area contributed by atoms with Gasteiger partial charge in [0.15, 0.2) is 17.7 Å². The highest BCUT2D eigenvalue weighted by atomic mass is 32.2. The van der Waals surface area contributed by atoms with Gasteiger partial charge in [-0.1, -0.05) is 75.1 Å². The second kappa shape index (κ2) is 25.3. The molecule has 0 aliphatic carbocycles. The van der Waals surface area contributed by atoms with Crippen LogP contribution in [0.5, 0.6) is 0 Å². The van der Waals surface area contributed by atoms with Gasteiger partial charge in [0.05, 0.1) is 19.5 Å². The number of hydrogen-bond donors (Lipinski definition) is 9. The van der Waals surface area contributed by atoms with Gasteiger partial charge in [0, 0.05) is 30.7 Å². The van der Waals surface area contributed by atoms with E-state index in [1.165, 1.54) is 19.9 Å². The molecular formula is C35H54N7O17P3S. The molecule has 10 N–H and O–H groups in total. The minimum absolute atomic E-state index is 0.0289. The Morgan fingerprint density at radius 1 is 0.952 bits per heavy atom. The largest absolute Gasteiger partial charge is 0.481 e. The molecule has 28 heteroatoms. The van der Waals surface area contributed by atoms with E-state index >= 15 is 0 Å². The Labute approximate surface area is 366 Å². The topological polar surface area (TPSA) is 364 Å². The van der Waals surface area contributed by atoms with Crippen LogP contribution in [0.4, 0.5) is 5.82 Å². The number of aromatic nitrogens is 4. The van der Waals surface area contributed by atoms with Gasteiger partial charge in [0.2, 0.25) is 16.9 Å². The van der Waals surface area contributed by atoms with E-state index in [-0.39, 0.29) is 41.6 Å². The molecule has 7 atom stereocenters. The molecule has 63 heavy (non-hydrogen) atoms. The van der Waals surface area contributed by atoms with Gasteiger partial charge in [0.1, 0.15) is 36.3 Å². The predicted molar refractivity (Wildman–Crippen MR) is 228 cm³/mol. The summed E-state index contributed by atoms with van der Waals surface area (Å²) < 4.78 is 62.3. The van der Waals surface area contributed by atoms with Crippen molar-refractivity contribution in [1.29, 1.82) is 0 Å². The van der Waals surface area contributed by atoms with Crippen LogP contribution in [0.3, 0.4) is 0 Å². The van der Waals surface area contributed by atoms with Crippen LogP contribution in [0, 0.1) is 5.41 Å². The number of nitrogens with one attached hydrogen (secondary N) is 2. The van der Waals surface area contributed by atoms with Crippen molar-refractivity contribution in [2.45, 2.75) is 83.5 Å². The molecular weight excluding hydrogens is 915 g/mol. The monoisotopic (exact) mass is 969 g/mol. The Kier molecular flexibility index (Phi) is 21.6. The predicted octanol–water partition coefficient (Wildman–Crippen LogP) is 2.47. The second-order valence-electron chi connectivity index (χ2n) is 14.2. The molecule has 352 valence electrons. The minimum Gasteiger partial charge on any atom is -0.386 e. The molecule has 2 aromatic rings. The highest BCUT2D eigenvalue weighted by molar-refractivity contribution is 8.14. The number of allylic oxidation sites excluding steroid dienone is 7. The minimum atomic E-state index is -5.58. The average molecular weight is 970 g/mol. The Bertz CT molecular complexity index is 2110. The second-order valence-corrected chi connectivity index (χ2v) is 19.5. The molecule has 2 unspecified atom stereocenters. The van der Waals surface area contributed by atoms with Crippen molar-refractivity contribution < 1.29 is 80.5 Å². The maximum Gasteiger partial charge on any atom is 0.481 e. The summed E-state index contributed by atoms with van der Waals surface area (Å²) in [5.74, 6) is -1.16. The number of carbonyl (C=O) groups excluding carboxylic acids is 3. The van der Waals surface area contributed by atoms with Crippen molar-refractivity contribution in [3.63, 3.8) is 0 Å².